The Balaban J connectivity index is 3.03. The Labute approximate surface area is 150 Å². The van der Waals surface area contributed by atoms with Crippen molar-refractivity contribution >= 4 is 10.4 Å². The highest BCUT2D eigenvalue weighted by molar-refractivity contribution is 7.80. The zero-order valence-electron chi connectivity index (χ0n) is 15.8. The molecule has 0 unspecified atom stereocenters. The molecule has 0 aromatic rings. The first-order chi connectivity index (χ1) is 11.6. The first kappa shape index (κ1) is 23.9. The molecule has 24 heavy (non-hydrogen) atoms. The van der Waals surface area contributed by atoms with Gasteiger partial charge in [0, 0.05) is 0 Å². The van der Waals surface area contributed by atoms with Gasteiger partial charge in [-0.25, -0.2) is 8.42 Å². The van der Waals surface area contributed by atoms with Crippen LogP contribution in [0.5, 0.6) is 0 Å². The molecule has 5 heteroatoms. The summed E-state index contributed by atoms with van der Waals surface area (Å²) in [6.07, 6.45) is 21.8. The lowest BCUT2D eigenvalue weighted by molar-refractivity contribution is 0.255. The van der Waals surface area contributed by atoms with Crippen molar-refractivity contribution in [1.29, 1.82) is 0 Å². The average Bonchev–Trinajstić information content (AvgIpc) is 2.52. The summed E-state index contributed by atoms with van der Waals surface area (Å²) in [5, 5.41) is 0. The number of unbranched alkanes of at least 4 members (excludes halogenated alkanes) is 16. The van der Waals surface area contributed by atoms with E-state index in [1.807, 2.05) is 0 Å². The molecule has 0 aliphatic heterocycles. The minimum Gasteiger partial charge on any atom is -0.726 e. The highest BCUT2D eigenvalue weighted by Gasteiger charge is 1.96. The van der Waals surface area contributed by atoms with Gasteiger partial charge >= 0.3 is 0 Å². The van der Waals surface area contributed by atoms with Crippen LogP contribution in [-0.4, -0.2) is 19.6 Å². The predicted octanol–water partition coefficient (Wildman–Crippen LogP) is 6.11. The summed E-state index contributed by atoms with van der Waals surface area (Å²) in [7, 11) is -4.50. The predicted molar refractivity (Wildman–Crippen MR) is 99.8 cm³/mol. The fourth-order valence-electron chi connectivity index (χ4n) is 2.99. The molecule has 146 valence electrons. The summed E-state index contributed by atoms with van der Waals surface area (Å²) in [5.74, 6) is 0. The number of rotatable bonds is 19. The maximum atomic E-state index is 10.2. The molecule has 0 rings (SSSR count). The van der Waals surface area contributed by atoms with E-state index in [9.17, 15) is 13.0 Å². The molecule has 0 amide bonds. The van der Waals surface area contributed by atoms with E-state index in [0.29, 0.717) is 6.42 Å². The Kier molecular flexibility index (Phi) is 17.6. The second-order valence-electron chi connectivity index (χ2n) is 6.89. The molecular formula is C19H39O4S-. The third-order valence-corrected chi connectivity index (χ3v) is 4.93. The standard InChI is InChI=1S/C19H40O4S/c1-2-3-4-5-6-7-8-9-10-11-12-13-14-15-16-17-18-19-23-24(20,21)22/h2-19H2,1H3,(H,20,21,22)/p-1. The number of hydrogen-bond acceptors (Lipinski definition) is 4. The number of hydrogen-bond donors (Lipinski definition) is 0. The summed E-state index contributed by atoms with van der Waals surface area (Å²) >= 11 is 0. The van der Waals surface area contributed by atoms with Crippen molar-refractivity contribution in [2.45, 2.75) is 116 Å². The monoisotopic (exact) mass is 363 g/mol. The Hall–Kier alpha value is -0.130. The van der Waals surface area contributed by atoms with E-state index in [1.165, 1.54) is 89.9 Å². The third kappa shape index (κ3) is 21.9. The smallest absolute Gasteiger partial charge is 0.217 e. The van der Waals surface area contributed by atoms with Gasteiger partial charge in [0.15, 0.2) is 0 Å². The first-order valence-corrected chi connectivity index (χ1v) is 11.5. The van der Waals surface area contributed by atoms with E-state index in [2.05, 4.69) is 11.1 Å². The van der Waals surface area contributed by atoms with Crippen molar-refractivity contribution in [3.63, 3.8) is 0 Å². The van der Waals surface area contributed by atoms with Crippen molar-refractivity contribution in [2.75, 3.05) is 6.61 Å². The largest absolute Gasteiger partial charge is 0.726 e. The zero-order valence-corrected chi connectivity index (χ0v) is 16.6. The zero-order chi connectivity index (χ0) is 17.9. The lowest BCUT2D eigenvalue weighted by atomic mass is 10.0. The SMILES string of the molecule is CCCCCCCCCCCCCCCCCCCOS(=O)(=O)[O-]. The Morgan fingerprint density at radius 2 is 0.875 bits per heavy atom. The molecule has 0 aliphatic rings. The Bertz CT molecular complexity index is 341. The molecule has 0 aromatic carbocycles. The van der Waals surface area contributed by atoms with Crippen molar-refractivity contribution in [2.24, 2.45) is 0 Å². The van der Waals surface area contributed by atoms with Crippen molar-refractivity contribution in [1.82, 2.24) is 0 Å². The van der Waals surface area contributed by atoms with Crippen LogP contribution in [0.15, 0.2) is 0 Å². The van der Waals surface area contributed by atoms with E-state index in [-0.39, 0.29) is 6.61 Å². The molecule has 0 saturated carbocycles. The molecule has 0 fully saturated rings. The topological polar surface area (TPSA) is 66.4 Å². The quantitative estimate of drug-likeness (QED) is 0.158. The molecule has 0 spiro atoms. The molecule has 0 saturated heterocycles. The van der Waals surface area contributed by atoms with Crippen LogP contribution in [0.1, 0.15) is 116 Å². The van der Waals surface area contributed by atoms with Gasteiger partial charge in [-0.05, 0) is 6.42 Å². The van der Waals surface area contributed by atoms with Crippen LogP contribution in [0.3, 0.4) is 0 Å². The van der Waals surface area contributed by atoms with Gasteiger partial charge in [0.05, 0.1) is 6.61 Å². The van der Waals surface area contributed by atoms with Gasteiger partial charge in [-0.1, -0.05) is 110 Å². The summed E-state index contributed by atoms with van der Waals surface area (Å²) in [4.78, 5) is 0. The normalized spacial score (nSPS) is 11.9. The average molecular weight is 364 g/mol. The van der Waals surface area contributed by atoms with Crippen molar-refractivity contribution in [3.05, 3.63) is 0 Å². The Morgan fingerprint density at radius 3 is 1.17 bits per heavy atom. The molecule has 4 nitrogen and oxygen atoms in total. The van der Waals surface area contributed by atoms with Gasteiger partial charge in [0.2, 0.25) is 10.4 Å². The minimum atomic E-state index is -4.50. The second kappa shape index (κ2) is 17.7. The first-order valence-electron chi connectivity index (χ1n) is 10.2. The van der Waals surface area contributed by atoms with E-state index >= 15 is 0 Å². The Morgan fingerprint density at radius 1 is 0.583 bits per heavy atom. The van der Waals surface area contributed by atoms with Crippen LogP contribution in [0.4, 0.5) is 0 Å². The lowest BCUT2D eigenvalue weighted by Gasteiger charge is -2.07. The fraction of sp³-hybridized carbons (Fsp3) is 1.00. The minimum absolute atomic E-state index is 0.0322. The molecule has 0 heterocycles. The molecule has 0 aliphatic carbocycles. The molecule has 0 N–H and O–H groups in total. The van der Waals surface area contributed by atoms with Crippen LogP contribution < -0.4 is 0 Å². The van der Waals surface area contributed by atoms with E-state index in [0.717, 1.165) is 12.8 Å². The second-order valence-corrected chi connectivity index (χ2v) is 7.94. The van der Waals surface area contributed by atoms with Crippen LogP contribution in [0.25, 0.3) is 0 Å². The van der Waals surface area contributed by atoms with Gasteiger partial charge in [0.1, 0.15) is 0 Å². The van der Waals surface area contributed by atoms with Crippen LogP contribution in [0, 0.1) is 0 Å². The van der Waals surface area contributed by atoms with Gasteiger partial charge in [-0.15, -0.1) is 0 Å². The molecule has 0 aromatic heterocycles. The summed E-state index contributed by atoms with van der Waals surface area (Å²) in [6.45, 7) is 2.30. The highest BCUT2D eigenvalue weighted by atomic mass is 32.3. The van der Waals surface area contributed by atoms with Gasteiger partial charge in [-0.2, -0.15) is 0 Å². The molecule has 0 atom stereocenters. The summed E-state index contributed by atoms with van der Waals surface area (Å²) in [6, 6.07) is 0. The highest BCUT2D eigenvalue weighted by Crippen LogP contribution is 2.14. The van der Waals surface area contributed by atoms with Crippen LogP contribution in [-0.2, 0) is 14.6 Å². The van der Waals surface area contributed by atoms with Gasteiger partial charge in [0.25, 0.3) is 0 Å². The molecular weight excluding hydrogens is 324 g/mol. The van der Waals surface area contributed by atoms with E-state index < -0.39 is 10.4 Å². The third-order valence-electron chi connectivity index (χ3n) is 4.48. The van der Waals surface area contributed by atoms with Crippen molar-refractivity contribution in [3.8, 4) is 0 Å². The maximum absolute atomic E-state index is 10.2. The maximum Gasteiger partial charge on any atom is 0.217 e. The lowest BCUT2D eigenvalue weighted by Crippen LogP contribution is -2.05. The fourth-order valence-corrected chi connectivity index (χ4v) is 3.31. The summed E-state index contributed by atoms with van der Waals surface area (Å²) in [5.41, 5.74) is 0. The summed E-state index contributed by atoms with van der Waals surface area (Å²) < 4.78 is 34.8. The van der Waals surface area contributed by atoms with E-state index in [1.54, 1.807) is 0 Å². The molecule has 0 radical (unpaired) electrons. The van der Waals surface area contributed by atoms with Gasteiger partial charge in [-0.3, -0.25) is 4.18 Å². The van der Waals surface area contributed by atoms with Crippen molar-refractivity contribution < 1.29 is 17.2 Å². The van der Waals surface area contributed by atoms with E-state index in [4.69, 9.17) is 0 Å². The van der Waals surface area contributed by atoms with Gasteiger partial charge < -0.3 is 4.55 Å². The molecule has 0 bridgehead atoms. The van der Waals surface area contributed by atoms with Crippen LogP contribution in [0.2, 0.25) is 0 Å². The van der Waals surface area contributed by atoms with Crippen LogP contribution >= 0.6 is 0 Å².